The van der Waals surface area contributed by atoms with Gasteiger partial charge in [0.15, 0.2) is 11.6 Å². The molecule has 1 aliphatic rings. The lowest BCUT2D eigenvalue weighted by Gasteiger charge is -2.31. The number of aromatic nitrogens is 1. The zero-order valence-corrected chi connectivity index (χ0v) is 11.4. The molecule has 1 aromatic heterocycles. The van der Waals surface area contributed by atoms with Crippen molar-refractivity contribution >= 4 is 23.3 Å². The van der Waals surface area contributed by atoms with Crippen molar-refractivity contribution in [2.45, 2.75) is 0 Å². The largest absolute Gasteiger partial charge is 0.381 e. The Balaban J connectivity index is 1.93. The van der Waals surface area contributed by atoms with Crippen LogP contribution >= 0.6 is 0 Å². The van der Waals surface area contributed by atoms with Crippen LogP contribution in [0, 0.1) is 0 Å². The smallest absolute Gasteiger partial charge is 0.316 e. The van der Waals surface area contributed by atoms with Crippen LogP contribution < -0.4 is 10.6 Å². The van der Waals surface area contributed by atoms with Gasteiger partial charge < -0.3 is 20.1 Å². The van der Waals surface area contributed by atoms with Crippen molar-refractivity contribution in [3.05, 3.63) is 30.3 Å². The molecule has 0 unspecified atom stereocenters. The van der Waals surface area contributed by atoms with E-state index < -0.39 is 11.8 Å². The molecule has 3 rings (SSSR count). The average molecular weight is 286 g/mol. The van der Waals surface area contributed by atoms with Crippen molar-refractivity contribution in [2.75, 3.05) is 30.8 Å². The molecule has 2 aromatic rings. The van der Waals surface area contributed by atoms with E-state index in [2.05, 4.69) is 5.16 Å². The first-order valence-electron chi connectivity index (χ1n) is 6.46. The minimum Gasteiger partial charge on any atom is -0.381 e. The Morgan fingerprint density at radius 1 is 1.19 bits per heavy atom. The van der Waals surface area contributed by atoms with Gasteiger partial charge in [-0.2, -0.15) is 0 Å². The number of amides is 2. The molecule has 1 aliphatic heterocycles. The van der Waals surface area contributed by atoms with Crippen LogP contribution in [0.15, 0.2) is 34.9 Å². The van der Waals surface area contributed by atoms with Crippen molar-refractivity contribution < 1.29 is 14.1 Å². The van der Waals surface area contributed by atoms with Gasteiger partial charge in [0.05, 0.1) is 0 Å². The molecule has 0 spiro atoms. The fourth-order valence-corrected chi connectivity index (χ4v) is 2.23. The summed E-state index contributed by atoms with van der Waals surface area (Å²) < 4.78 is 5.10. The maximum Gasteiger partial charge on any atom is 0.316 e. The van der Waals surface area contributed by atoms with Crippen LogP contribution in [-0.4, -0.2) is 42.0 Å². The van der Waals surface area contributed by atoms with E-state index in [1.807, 2.05) is 6.07 Å². The molecule has 0 radical (unpaired) electrons. The minimum absolute atomic E-state index is 0.293. The number of carbonyl (C=O) groups excluding carboxylic acids is 2. The van der Waals surface area contributed by atoms with E-state index in [0.29, 0.717) is 30.4 Å². The number of hydrogen-bond donors (Lipinski definition) is 1. The number of piperazine rings is 1. The summed E-state index contributed by atoms with van der Waals surface area (Å²) in [5.74, 6) is -0.225. The molecule has 1 saturated heterocycles. The molecule has 1 fully saturated rings. The SMILES string of the molecule is CN1CCN(c2cccc(-c3cc(N)no3)c2)C(=O)C1=O. The van der Waals surface area contributed by atoms with E-state index in [4.69, 9.17) is 10.3 Å². The van der Waals surface area contributed by atoms with Crippen LogP contribution in [-0.2, 0) is 9.59 Å². The van der Waals surface area contributed by atoms with E-state index in [0.717, 1.165) is 5.56 Å². The van der Waals surface area contributed by atoms with Gasteiger partial charge in [-0.15, -0.1) is 0 Å². The van der Waals surface area contributed by atoms with Gasteiger partial charge in [-0.3, -0.25) is 9.59 Å². The number of anilines is 2. The number of nitrogens with zero attached hydrogens (tertiary/aromatic N) is 3. The van der Waals surface area contributed by atoms with E-state index >= 15 is 0 Å². The zero-order valence-electron chi connectivity index (χ0n) is 11.4. The quantitative estimate of drug-likeness (QED) is 0.821. The van der Waals surface area contributed by atoms with E-state index in [9.17, 15) is 9.59 Å². The summed E-state index contributed by atoms with van der Waals surface area (Å²) in [7, 11) is 1.62. The van der Waals surface area contributed by atoms with Crippen LogP contribution in [0.4, 0.5) is 11.5 Å². The standard InChI is InChI=1S/C14H14N4O3/c1-17-5-6-18(14(20)13(17)19)10-4-2-3-9(7-10)11-8-12(15)16-21-11/h2-4,7-8H,5-6H2,1H3,(H2,15,16). The number of rotatable bonds is 2. The van der Waals surface area contributed by atoms with Crippen LogP contribution in [0.25, 0.3) is 11.3 Å². The molecule has 0 saturated carbocycles. The molecule has 7 nitrogen and oxygen atoms in total. The van der Waals surface area contributed by atoms with Crippen molar-refractivity contribution in [2.24, 2.45) is 0 Å². The second kappa shape index (κ2) is 4.93. The van der Waals surface area contributed by atoms with Crippen LogP contribution in [0.5, 0.6) is 0 Å². The highest BCUT2D eigenvalue weighted by molar-refractivity contribution is 6.40. The summed E-state index contributed by atoms with van der Waals surface area (Å²) in [4.78, 5) is 26.7. The van der Waals surface area contributed by atoms with Gasteiger partial charge in [-0.1, -0.05) is 17.3 Å². The molecule has 21 heavy (non-hydrogen) atoms. The Kier molecular flexibility index (Phi) is 3.09. The lowest BCUT2D eigenvalue weighted by molar-refractivity contribution is -0.145. The Morgan fingerprint density at radius 3 is 2.71 bits per heavy atom. The highest BCUT2D eigenvalue weighted by atomic mass is 16.5. The molecule has 0 bridgehead atoms. The third-order valence-electron chi connectivity index (χ3n) is 3.40. The lowest BCUT2D eigenvalue weighted by Crippen LogP contribution is -2.53. The van der Waals surface area contributed by atoms with Gasteiger partial charge in [0.25, 0.3) is 0 Å². The third-order valence-corrected chi connectivity index (χ3v) is 3.40. The number of carbonyl (C=O) groups is 2. The summed E-state index contributed by atoms with van der Waals surface area (Å²) in [6.07, 6.45) is 0. The summed E-state index contributed by atoms with van der Waals surface area (Å²) in [5, 5.41) is 3.63. The van der Waals surface area contributed by atoms with E-state index in [1.165, 1.54) is 9.80 Å². The summed E-state index contributed by atoms with van der Waals surface area (Å²) in [6, 6.07) is 8.78. The zero-order chi connectivity index (χ0) is 15.0. The molecule has 108 valence electrons. The highest BCUT2D eigenvalue weighted by Crippen LogP contribution is 2.26. The Morgan fingerprint density at radius 2 is 2.00 bits per heavy atom. The molecule has 1 aromatic carbocycles. The molecule has 2 amide bonds. The van der Waals surface area contributed by atoms with Gasteiger partial charge in [-0.25, -0.2) is 0 Å². The lowest BCUT2D eigenvalue weighted by atomic mass is 10.1. The number of likely N-dealkylation sites (N-methyl/N-ethyl adjacent to an activating group) is 1. The fraction of sp³-hybridized carbons (Fsp3) is 0.214. The van der Waals surface area contributed by atoms with Crippen molar-refractivity contribution in [3.63, 3.8) is 0 Å². The summed E-state index contributed by atoms with van der Waals surface area (Å²) >= 11 is 0. The number of benzene rings is 1. The maximum absolute atomic E-state index is 12.1. The molecule has 2 heterocycles. The fourth-order valence-electron chi connectivity index (χ4n) is 2.23. The van der Waals surface area contributed by atoms with E-state index in [-0.39, 0.29) is 0 Å². The topological polar surface area (TPSA) is 92.7 Å². The van der Waals surface area contributed by atoms with Crippen molar-refractivity contribution in [1.29, 1.82) is 0 Å². The van der Waals surface area contributed by atoms with E-state index in [1.54, 1.807) is 31.3 Å². The number of nitrogen functional groups attached to an aromatic ring is 1. The first-order chi connectivity index (χ1) is 10.1. The highest BCUT2D eigenvalue weighted by Gasteiger charge is 2.31. The second-order valence-corrected chi connectivity index (χ2v) is 4.85. The molecule has 7 heteroatoms. The predicted molar refractivity (Wildman–Crippen MR) is 76.3 cm³/mol. The van der Waals surface area contributed by atoms with Crippen molar-refractivity contribution in [3.8, 4) is 11.3 Å². The van der Waals surface area contributed by atoms with Gasteiger partial charge in [-0.05, 0) is 12.1 Å². The Hall–Kier alpha value is -2.83. The van der Waals surface area contributed by atoms with Crippen LogP contribution in [0.1, 0.15) is 0 Å². The average Bonchev–Trinajstić information content (AvgIpc) is 2.92. The molecular weight excluding hydrogens is 272 g/mol. The molecule has 0 aliphatic carbocycles. The van der Waals surface area contributed by atoms with Gasteiger partial charge in [0.2, 0.25) is 0 Å². The first kappa shape index (κ1) is 13.2. The predicted octanol–water partition coefficient (Wildman–Crippen LogP) is 0.729. The van der Waals surface area contributed by atoms with Gasteiger partial charge in [0.1, 0.15) is 0 Å². The molecular formula is C14H14N4O3. The van der Waals surface area contributed by atoms with Gasteiger partial charge >= 0.3 is 11.8 Å². The Bertz CT molecular complexity index is 710. The monoisotopic (exact) mass is 286 g/mol. The third kappa shape index (κ3) is 2.33. The van der Waals surface area contributed by atoms with Crippen LogP contribution in [0.3, 0.4) is 0 Å². The second-order valence-electron chi connectivity index (χ2n) is 4.85. The van der Waals surface area contributed by atoms with Crippen molar-refractivity contribution in [1.82, 2.24) is 10.1 Å². The molecule has 2 N–H and O–H groups in total. The number of nitrogens with two attached hydrogens (primary N) is 1. The first-order valence-corrected chi connectivity index (χ1v) is 6.46. The normalized spacial score (nSPS) is 15.7. The molecule has 0 atom stereocenters. The maximum atomic E-state index is 12.1. The summed E-state index contributed by atoms with van der Waals surface area (Å²) in [5.41, 5.74) is 6.93. The minimum atomic E-state index is -0.530. The summed E-state index contributed by atoms with van der Waals surface area (Å²) in [6.45, 7) is 0.965. The Labute approximate surface area is 120 Å². The van der Waals surface area contributed by atoms with Gasteiger partial charge in [0, 0.05) is 37.5 Å². The van der Waals surface area contributed by atoms with Crippen LogP contribution in [0.2, 0.25) is 0 Å². The number of hydrogen-bond acceptors (Lipinski definition) is 5.